The molecule has 0 unspecified atom stereocenters. The molecule has 20 heavy (non-hydrogen) atoms. The summed E-state index contributed by atoms with van der Waals surface area (Å²) < 4.78 is 0. The summed E-state index contributed by atoms with van der Waals surface area (Å²) >= 11 is 1.36. The quantitative estimate of drug-likeness (QED) is 0.900. The van der Waals surface area contributed by atoms with E-state index in [2.05, 4.69) is 24.0 Å². The topological polar surface area (TPSA) is 65.7 Å². The van der Waals surface area contributed by atoms with Crippen molar-refractivity contribution in [3.05, 3.63) is 4.88 Å². The highest BCUT2D eigenvalue weighted by Crippen LogP contribution is 2.29. The smallest absolute Gasteiger partial charge is 0.267 e. The lowest BCUT2D eigenvalue weighted by atomic mass is 10.0. The van der Waals surface area contributed by atoms with Crippen LogP contribution >= 0.6 is 11.3 Å². The first-order valence-corrected chi connectivity index (χ1v) is 7.61. The van der Waals surface area contributed by atoms with Crippen molar-refractivity contribution >= 4 is 28.2 Å². The molecule has 0 aliphatic carbocycles. The fourth-order valence-electron chi connectivity index (χ4n) is 2.39. The van der Waals surface area contributed by atoms with Crippen LogP contribution in [-0.4, -0.2) is 68.0 Å². The summed E-state index contributed by atoms with van der Waals surface area (Å²) in [5.74, 6) is 0.365. The van der Waals surface area contributed by atoms with Crippen molar-refractivity contribution in [2.45, 2.75) is 18.9 Å². The largest absolute Gasteiger partial charge is 0.382 e. The zero-order chi connectivity index (χ0) is 14.9. The standard InChI is InChI=1S/C13H23N5OS/c1-16(2)9-5-7-18(8-6-9)12(19)10-11(14)15-13(20-10)17(3)4/h9H,5-8,14H2,1-4H3. The second-order valence-electron chi connectivity index (χ2n) is 5.59. The monoisotopic (exact) mass is 297 g/mol. The molecule has 1 aliphatic heterocycles. The Balaban J connectivity index is 2.05. The number of amides is 1. The number of nitrogens with two attached hydrogens (primary N) is 1. The molecule has 7 heteroatoms. The van der Waals surface area contributed by atoms with Crippen LogP contribution in [0.25, 0.3) is 0 Å². The van der Waals surface area contributed by atoms with E-state index in [1.54, 1.807) is 0 Å². The maximum absolute atomic E-state index is 12.5. The van der Waals surface area contributed by atoms with Gasteiger partial charge in [-0.3, -0.25) is 4.79 Å². The van der Waals surface area contributed by atoms with E-state index in [9.17, 15) is 4.79 Å². The number of piperidine rings is 1. The van der Waals surface area contributed by atoms with Crippen molar-refractivity contribution in [2.75, 3.05) is 51.9 Å². The molecule has 2 N–H and O–H groups in total. The van der Waals surface area contributed by atoms with E-state index < -0.39 is 0 Å². The first-order valence-electron chi connectivity index (χ1n) is 6.79. The van der Waals surface area contributed by atoms with Crippen LogP contribution in [0.15, 0.2) is 0 Å². The highest BCUT2D eigenvalue weighted by molar-refractivity contribution is 7.18. The van der Waals surface area contributed by atoms with Crippen molar-refractivity contribution in [1.82, 2.24) is 14.8 Å². The van der Waals surface area contributed by atoms with E-state index in [1.165, 1.54) is 11.3 Å². The van der Waals surface area contributed by atoms with Crippen LogP contribution in [0.1, 0.15) is 22.5 Å². The molecule has 0 spiro atoms. The maximum atomic E-state index is 12.5. The molecule has 1 saturated heterocycles. The third kappa shape index (κ3) is 3.04. The Bertz CT molecular complexity index is 477. The van der Waals surface area contributed by atoms with Crippen molar-refractivity contribution in [3.8, 4) is 0 Å². The lowest BCUT2D eigenvalue weighted by Gasteiger charge is -2.35. The highest BCUT2D eigenvalue weighted by atomic mass is 32.1. The van der Waals surface area contributed by atoms with E-state index >= 15 is 0 Å². The molecule has 112 valence electrons. The molecule has 0 bridgehead atoms. The number of likely N-dealkylation sites (tertiary alicyclic amines) is 1. The van der Waals surface area contributed by atoms with E-state index in [0.29, 0.717) is 16.7 Å². The Morgan fingerprint density at radius 2 is 1.90 bits per heavy atom. The summed E-state index contributed by atoms with van der Waals surface area (Å²) in [6.45, 7) is 1.58. The molecule has 1 amide bonds. The van der Waals surface area contributed by atoms with Gasteiger partial charge in [-0.15, -0.1) is 0 Å². The SMILES string of the molecule is CN(C)c1nc(N)c(C(=O)N2CCC(N(C)C)CC2)s1. The van der Waals surface area contributed by atoms with Gasteiger partial charge in [0, 0.05) is 33.2 Å². The van der Waals surface area contributed by atoms with E-state index in [0.717, 1.165) is 31.1 Å². The fraction of sp³-hybridized carbons (Fsp3) is 0.692. The lowest BCUT2D eigenvalue weighted by Crippen LogP contribution is -2.44. The number of carbonyl (C=O) groups is 1. The number of thiazole rings is 1. The predicted octanol–water partition coefficient (Wildman–Crippen LogP) is 0.957. The Labute approximate surface area is 124 Å². The number of hydrogen-bond donors (Lipinski definition) is 1. The number of anilines is 2. The fourth-order valence-corrected chi connectivity index (χ4v) is 3.27. The van der Waals surface area contributed by atoms with Gasteiger partial charge >= 0.3 is 0 Å². The van der Waals surface area contributed by atoms with Gasteiger partial charge in [-0.1, -0.05) is 11.3 Å². The van der Waals surface area contributed by atoms with Crippen molar-refractivity contribution in [2.24, 2.45) is 0 Å². The second-order valence-corrected chi connectivity index (χ2v) is 6.57. The van der Waals surface area contributed by atoms with Gasteiger partial charge < -0.3 is 20.4 Å². The Kier molecular flexibility index (Phi) is 4.49. The third-order valence-corrected chi connectivity index (χ3v) is 4.93. The van der Waals surface area contributed by atoms with Crippen LogP contribution in [0.4, 0.5) is 10.9 Å². The molecular formula is C13H23N5OS. The number of rotatable bonds is 3. The molecule has 0 atom stereocenters. The van der Waals surface area contributed by atoms with Gasteiger partial charge in [-0.05, 0) is 26.9 Å². The summed E-state index contributed by atoms with van der Waals surface area (Å²) in [5, 5.41) is 0.772. The predicted molar refractivity (Wildman–Crippen MR) is 83.5 cm³/mol. The Morgan fingerprint density at radius 3 is 2.35 bits per heavy atom. The van der Waals surface area contributed by atoms with Crippen LogP contribution in [0, 0.1) is 0 Å². The molecule has 1 aromatic heterocycles. The van der Waals surface area contributed by atoms with Crippen LogP contribution in [0.5, 0.6) is 0 Å². The first-order chi connectivity index (χ1) is 9.40. The molecule has 0 aromatic carbocycles. The van der Waals surface area contributed by atoms with Gasteiger partial charge in [-0.25, -0.2) is 4.98 Å². The third-order valence-electron chi connectivity index (χ3n) is 3.70. The summed E-state index contributed by atoms with van der Waals surface area (Å²) in [7, 11) is 7.98. The zero-order valence-electron chi connectivity index (χ0n) is 12.6. The first kappa shape index (κ1) is 15.1. The van der Waals surface area contributed by atoms with Crippen LogP contribution in [0.3, 0.4) is 0 Å². The van der Waals surface area contributed by atoms with Gasteiger partial charge in [0.05, 0.1) is 0 Å². The number of hydrogen-bond acceptors (Lipinski definition) is 6. The van der Waals surface area contributed by atoms with E-state index in [4.69, 9.17) is 5.73 Å². The highest BCUT2D eigenvalue weighted by Gasteiger charge is 2.27. The molecule has 0 radical (unpaired) electrons. The second kappa shape index (κ2) is 5.97. The molecule has 1 fully saturated rings. The van der Waals surface area contributed by atoms with Gasteiger partial charge in [0.2, 0.25) is 0 Å². The minimum Gasteiger partial charge on any atom is -0.382 e. The lowest BCUT2D eigenvalue weighted by molar-refractivity contribution is 0.0669. The molecular weight excluding hydrogens is 274 g/mol. The Hall–Kier alpha value is -1.34. The average Bonchev–Trinajstić information content (AvgIpc) is 2.80. The van der Waals surface area contributed by atoms with Gasteiger partial charge in [0.25, 0.3) is 5.91 Å². The van der Waals surface area contributed by atoms with Gasteiger partial charge in [0.15, 0.2) is 5.13 Å². The minimum absolute atomic E-state index is 0.0188. The molecule has 1 aliphatic rings. The zero-order valence-corrected chi connectivity index (χ0v) is 13.4. The van der Waals surface area contributed by atoms with E-state index in [-0.39, 0.29) is 5.91 Å². The average molecular weight is 297 g/mol. The van der Waals surface area contributed by atoms with Crippen LogP contribution < -0.4 is 10.6 Å². The number of carbonyl (C=O) groups excluding carboxylic acids is 1. The van der Waals surface area contributed by atoms with Gasteiger partial charge in [0.1, 0.15) is 10.7 Å². The van der Waals surface area contributed by atoms with Crippen molar-refractivity contribution in [3.63, 3.8) is 0 Å². The number of aromatic nitrogens is 1. The van der Waals surface area contributed by atoms with E-state index in [1.807, 2.05) is 23.9 Å². The molecule has 0 saturated carbocycles. The molecule has 1 aromatic rings. The summed E-state index contributed by atoms with van der Waals surface area (Å²) in [6.07, 6.45) is 2.02. The summed E-state index contributed by atoms with van der Waals surface area (Å²) in [4.78, 5) is 23.3. The van der Waals surface area contributed by atoms with Crippen molar-refractivity contribution < 1.29 is 4.79 Å². The van der Waals surface area contributed by atoms with Crippen molar-refractivity contribution in [1.29, 1.82) is 0 Å². The van der Waals surface area contributed by atoms with Crippen LogP contribution in [0.2, 0.25) is 0 Å². The van der Waals surface area contributed by atoms with Crippen LogP contribution in [-0.2, 0) is 0 Å². The molecule has 6 nitrogen and oxygen atoms in total. The van der Waals surface area contributed by atoms with Gasteiger partial charge in [-0.2, -0.15) is 0 Å². The summed E-state index contributed by atoms with van der Waals surface area (Å²) in [5.41, 5.74) is 5.88. The molecule has 2 rings (SSSR count). The number of nitrogens with zero attached hydrogens (tertiary/aromatic N) is 4. The minimum atomic E-state index is 0.0188. The summed E-state index contributed by atoms with van der Waals surface area (Å²) in [6, 6.07) is 0.565. The Morgan fingerprint density at radius 1 is 1.30 bits per heavy atom. The molecule has 2 heterocycles. The number of nitrogen functional groups attached to an aromatic ring is 1. The maximum Gasteiger partial charge on any atom is 0.267 e. The normalized spacial score (nSPS) is 16.8.